The van der Waals surface area contributed by atoms with Crippen LogP contribution in [0.25, 0.3) is 0 Å². The van der Waals surface area contributed by atoms with Crippen LogP contribution in [-0.4, -0.2) is 53.7 Å². The van der Waals surface area contributed by atoms with Crippen LogP contribution in [0.2, 0.25) is 0 Å². The van der Waals surface area contributed by atoms with Gasteiger partial charge in [0, 0.05) is 12.0 Å². The Balaban J connectivity index is 2.10. The molecule has 9 heteroatoms. The molecule has 2 fully saturated rings. The van der Waals surface area contributed by atoms with Crippen molar-refractivity contribution in [2.75, 3.05) is 7.11 Å². The number of carbonyl (C=O) groups excluding carboxylic acids is 1. The zero-order valence-corrected chi connectivity index (χ0v) is 15.3. The molecule has 144 valence electrons. The lowest BCUT2D eigenvalue weighted by molar-refractivity contribution is -0.557. The summed E-state index contributed by atoms with van der Waals surface area (Å²) >= 11 is 0. The number of ether oxygens (including phenoxy) is 4. The van der Waals surface area contributed by atoms with Gasteiger partial charge in [0.15, 0.2) is 29.6 Å². The third kappa shape index (κ3) is 3.27. The number of ketones is 1. The lowest BCUT2D eigenvalue weighted by atomic mass is 9.75. The van der Waals surface area contributed by atoms with Gasteiger partial charge in [-0.25, -0.2) is 0 Å². The van der Waals surface area contributed by atoms with Crippen molar-refractivity contribution in [1.82, 2.24) is 0 Å². The molecule has 1 aromatic heterocycles. The van der Waals surface area contributed by atoms with Crippen molar-refractivity contribution in [3.8, 4) is 0 Å². The molecule has 2 bridgehead atoms. The van der Waals surface area contributed by atoms with Crippen LogP contribution >= 0.6 is 0 Å². The monoisotopic (exact) mass is 369 g/mol. The predicted molar refractivity (Wildman–Crippen MR) is 87.0 cm³/mol. The number of carbonyl (C=O) groups is 1. The largest absolute Gasteiger partial charge is 0.469 e. The number of hydrogen-bond acceptors (Lipinski definition) is 8. The summed E-state index contributed by atoms with van der Waals surface area (Å²) < 4.78 is 28.0. The van der Waals surface area contributed by atoms with Crippen LogP contribution in [0.4, 0.5) is 0 Å². The fourth-order valence-corrected chi connectivity index (χ4v) is 3.52. The van der Waals surface area contributed by atoms with Gasteiger partial charge in [-0.15, -0.1) is 0 Å². The van der Waals surface area contributed by atoms with Gasteiger partial charge in [0.05, 0.1) is 6.26 Å². The Hall–Kier alpha value is -1.81. The first-order valence-corrected chi connectivity index (χ1v) is 8.35. The summed E-state index contributed by atoms with van der Waals surface area (Å²) in [5, 5.41) is 12.0. The molecule has 2 heterocycles. The highest BCUT2D eigenvalue weighted by atomic mass is 16.7. The lowest BCUT2D eigenvalue weighted by Gasteiger charge is -2.49. The van der Waals surface area contributed by atoms with Crippen LogP contribution in [-0.2, 0) is 23.7 Å². The van der Waals surface area contributed by atoms with Crippen molar-refractivity contribution >= 4 is 5.78 Å². The maximum absolute atomic E-state index is 12.9. The van der Waals surface area contributed by atoms with Gasteiger partial charge in [0.1, 0.15) is 17.8 Å². The molecule has 5 atom stereocenters. The first-order chi connectivity index (χ1) is 12.1. The number of rotatable bonds is 5. The quantitative estimate of drug-likeness (QED) is 0.439. The van der Waals surface area contributed by atoms with Gasteiger partial charge in [-0.05, 0) is 39.8 Å². The van der Waals surface area contributed by atoms with Gasteiger partial charge in [-0.3, -0.25) is 14.9 Å². The number of hydrogen-bond donors (Lipinski definition) is 0. The minimum absolute atomic E-state index is 0.296. The third-order valence-electron chi connectivity index (χ3n) is 4.74. The van der Waals surface area contributed by atoms with E-state index in [1.54, 1.807) is 39.8 Å². The van der Waals surface area contributed by atoms with E-state index in [1.807, 2.05) is 0 Å². The van der Waals surface area contributed by atoms with Crippen LogP contribution in [0.15, 0.2) is 22.8 Å². The molecule has 0 unspecified atom stereocenters. The van der Waals surface area contributed by atoms with E-state index < -0.39 is 52.6 Å². The highest BCUT2D eigenvalue weighted by Crippen LogP contribution is 2.44. The van der Waals surface area contributed by atoms with E-state index >= 15 is 0 Å². The molecule has 9 nitrogen and oxygen atoms in total. The summed E-state index contributed by atoms with van der Waals surface area (Å²) in [5.41, 5.74) is 0. The maximum Gasteiger partial charge on any atom is 0.254 e. The number of furan rings is 1. The number of methoxy groups -OCH3 is 1. The Morgan fingerprint density at radius 2 is 1.92 bits per heavy atom. The number of fused-ring (bicyclic) bond motifs is 2. The van der Waals surface area contributed by atoms with Gasteiger partial charge >= 0.3 is 0 Å². The second-order valence-corrected chi connectivity index (χ2v) is 7.38. The first-order valence-electron chi connectivity index (χ1n) is 8.35. The zero-order valence-electron chi connectivity index (χ0n) is 15.3. The molecule has 1 aromatic rings. The number of Topliss-reactive ketones (excluding diaryl/α,β-unsaturated/α-hetero) is 1. The van der Waals surface area contributed by atoms with Crippen molar-refractivity contribution < 1.29 is 33.1 Å². The Bertz CT molecular complexity index is 683. The average molecular weight is 369 g/mol. The molecule has 0 amide bonds. The van der Waals surface area contributed by atoms with Crippen molar-refractivity contribution in [3.05, 3.63) is 34.3 Å². The lowest BCUT2D eigenvalue weighted by Crippen LogP contribution is -2.69. The zero-order chi connectivity index (χ0) is 19.3. The van der Waals surface area contributed by atoms with Crippen LogP contribution in [0, 0.1) is 10.1 Å². The summed E-state index contributed by atoms with van der Waals surface area (Å²) in [4.78, 5) is 24.4. The third-order valence-corrected chi connectivity index (χ3v) is 4.74. The Kier molecular flexibility index (Phi) is 4.68. The Morgan fingerprint density at radius 1 is 1.27 bits per heavy atom. The summed E-state index contributed by atoms with van der Waals surface area (Å²) in [6, 6.07) is 1.90. The highest BCUT2D eigenvalue weighted by molar-refractivity contribution is 5.91. The van der Waals surface area contributed by atoms with Gasteiger partial charge in [0.2, 0.25) is 0 Å². The minimum atomic E-state index is -1.31. The van der Waals surface area contributed by atoms with Gasteiger partial charge in [0.25, 0.3) is 6.04 Å². The highest BCUT2D eigenvalue weighted by Gasteiger charge is 2.64. The fourth-order valence-electron chi connectivity index (χ4n) is 3.52. The molecule has 1 saturated heterocycles. The summed E-state index contributed by atoms with van der Waals surface area (Å²) in [7, 11) is 1.42. The summed E-state index contributed by atoms with van der Waals surface area (Å²) in [5.74, 6) is -3.30. The molecule has 1 saturated carbocycles. The van der Waals surface area contributed by atoms with Gasteiger partial charge in [-0.1, -0.05) is 0 Å². The predicted octanol–water partition coefficient (Wildman–Crippen LogP) is 1.88. The second-order valence-electron chi connectivity index (χ2n) is 7.38. The van der Waals surface area contributed by atoms with Crippen molar-refractivity contribution in [1.29, 1.82) is 0 Å². The van der Waals surface area contributed by atoms with Crippen molar-refractivity contribution in [3.63, 3.8) is 0 Å². The normalized spacial score (nSPS) is 33.9. The van der Waals surface area contributed by atoms with E-state index in [1.165, 1.54) is 13.4 Å². The molecule has 0 N–H and O–H groups in total. The van der Waals surface area contributed by atoms with E-state index in [0.29, 0.717) is 5.76 Å². The Labute approximate surface area is 150 Å². The second kappa shape index (κ2) is 6.41. The molecule has 2 aliphatic rings. The minimum Gasteiger partial charge on any atom is -0.469 e. The molecule has 0 aromatic carbocycles. The van der Waals surface area contributed by atoms with Crippen molar-refractivity contribution in [2.45, 2.75) is 69.5 Å². The van der Waals surface area contributed by atoms with Crippen LogP contribution in [0.3, 0.4) is 0 Å². The molecule has 0 spiro atoms. The molecule has 1 aliphatic carbocycles. The van der Waals surface area contributed by atoms with Crippen molar-refractivity contribution in [2.24, 2.45) is 0 Å². The fraction of sp³-hybridized carbons (Fsp3) is 0.706. The average Bonchev–Trinajstić information content (AvgIpc) is 3.05. The topological polar surface area (TPSA) is 110 Å². The molecule has 3 rings (SSSR count). The van der Waals surface area contributed by atoms with Gasteiger partial charge < -0.3 is 23.4 Å². The van der Waals surface area contributed by atoms with Gasteiger partial charge in [-0.2, -0.15) is 0 Å². The van der Waals surface area contributed by atoms with E-state index in [9.17, 15) is 14.9 Å². The van der Waals surface area contributed by atoms with E-state index in [4.69, 9.17) is 23.4 Å². The molecule has 26 heavy (non-hydrogen) atoms. The Morgan fingerprint density at radius 3 is 2.46 bits per heavy atom. The summed E-state index contributed by atoms with van der Waals surface area (Å²) in [6.07, 6.45) is -1.96. The van der Waals surface area contributed by atoms with Crippen LogP contribution in [0.1, 0.15) is 39.4 Å². The molecular formula is C17H23NO8. The number of nitro groups is 1. The smallest absolute Gasteiger partial charge is 0.254 e. The molecule has 0 radical (unpaired) electrons. The number of nitrogens with zero attached hydrogens (tertiary/aromatic N) is 1. The first kappa shape index (κ1) is 19.0. The van der Waals surface area contributed by atoms with E-state index in [2.05, 4.69) is 0 Å². The standard InChI is InChI=1S/C17H23NO8/c1-16(2,22-5)25-14-11(18(20)21)10(9-7-6-8-23-9)13-12(19)15(14)26-17(3,4)24-13/h6-8,10-11,13-15H,1-5H3/t10-,11-,13-,14+,15-/m1/s1. The van der Waals surface area contributed by atoms with E-state index in [0.717, 1.165) is 0 Å². The van der Waals surface area contributed by atoms with Crippen LogP contribution < -0.4 is 0 Å². The maximum atomic E-state index is 12.9. The summed E-state index contributed by atoms with van der Waals surface area (Å²) in [6.45, 7) is 6.55. The van der Waals surface area contributed by atoms with E-state index in [-0.39, 0.29) is 0 Å². The molecular weight excluding hydrogens is 346 g/mol. The molecule has 1 aliphatic heterocycles. The van der Waals surface area contributed by atoms with Crippen LogP contribution in [0.5, 0.6) is 0 Å². The SMILES string of the molecule is COC(C)(C)O[C@H]1[C@H]([N+](=O)[O-])[C@@H](c2ccco2)[C@H]2OC(C)(C)O[C@@H]1C2=O.